The Balaban J connectivity index is 2.10. The summed E-state index contributed by atoms with van der Waals surface area (Å²) in [4.78, 5) is 0. The van der Waals surface area contributed by atoms with Crippen molar-refractivity contribution in [1.29, 1.82) is 5.26 Å². The highest BCUT2D eigenvalue weighted by Crippen LogP contribution is 2.28. The molecule has 0 aliphatic heterocycles. The second-order valence-electron chi connectivity index (χ2n) is 4.51. The molecule has 1 atom stereocenters. The van der Waals surface area contributed by atoms with E-state index in [1.54, 1.807) is 6.07 Å². The van der Waals surface area contributed by atoms with E-state index in [1.165, 1.54) is 0 Å². The molecular weight excluding hydrogens is 307 g/mol. The molecule has 0 bridgehead atoms. The molecule has 0 aromatic heterocycles. The summed E-state index contributed by atoms with van der Waals surface area (Å²) in [7, 11) is 0. The van der Waals surface area contributed by atoms with Gasteiger partial charge in [-0.15, -0.1) is 0 Å². The van der Waals surface area contributed by atoms with Crippen molar-refractivity contribution in [3.8, 4) is 11.8 Å². The van der Waals surface area contributed by atoms with Gasteiger partial charge in [-0.3, -0.25) is 0 Å². The Hall–Kier alpha value is -1.89. The van der Waals surface area contributed by atoms with Crippen LogP contribution in [0.5, 0.6) is 5.75 Å². The topological polar surface area (TPSA) is 45.0 Å². The normalized spacial score (nSPS) is 11.5. The van der Waals surface area contributed by atoms with Gasteiger partial charge in [-0.1, -0.05) is 35.3 Å². The first-order valence-corrected chi connectivity index (χ1v) is 7.17. The minimum atomic E-state index is 0.0335. The zero-order chi connectivity index (χ0) is 15.2. The van der Waals surface area contributed by atoms with Crippen LogP contribution in [-0.2, 0) is 0 Å². The van der Waals surface area contributed by atoms with E-state index in [9.17, 15) is 0 Å². The summed E-state index contributed by atoms with van der Waals surface area (Å²) < 4.78 is 5.28. The van der Waals surface area contributed by atoms with Crippen LogP contribution >= 0.6 is 23.2 Å². The summed E-state index contributed by atoms with van der Waals surface area (Å²) in [5, 5.41) is 13.0. The van der Waals surface area contributed by atoms with E-state index in [-0.39, 0.29) is 12.6 Å². The van der Waals surface area contributed by atoms with Crippen molar-refractivity contribution in [2.75, 3.05) is 11.9 Å². The van der Waals surface area contributed by atoms with Crippen molar-refractivity contribution in [2.24, 2.45) is 0 Å². The van der Waals surface area contributed by atoms with Gasteiger partial charge in [0.05, 0.1) is 10.0 Å². The average Bonchev–Trinajstić information content (AvgIpc) is 2.48. The number of hydrogen-bond donors (Lipinski definition) is 1. The number of hydrogen-bond acceptors (Lipinski definition) is 3. The van der Waals surface area contributed by atoms with Gasteiger partial charge in [-0.05, 0) is 36.8 Å². The molecule has 2 aromatic rings. The van der Waals surface area contributed by atoms with Gasteiger partial charge < -0.3 is 10.1 Å². The lowest BCUT2D eigenvalue weighted by Gasteiger charge is -2.17. The SMILES string of the molecule is CC(Nc1cccc(OCC#N)c1)c1ccc(Cl)c(Cl)c1. The molecule has 0 spiro atoms. The Kier molecular flexibility index (Phi) is 5.32. The first kappa shape index (κ1) is 15.5. The molecule has 2 rings (SSSR count). The van der Waals surface area contributed by atoms with Crippen molar-refractivity contribution >= 4 is 28.9 Å². The van der Waals surface area contributed by atoms with Crippen LogP contribution < -0.4 is 10.1 Å². The minimum absolute atomic E-state index is 0.0335. The maximum atomic E-state index is 8.53. The molecule has 0 saturated heterocycles. The molecule has 1 unspecified atom stereocenters. The maximum absolute atomic E-state index is 8.53. The molecule has 1 N–H and O–H groups in total. The van der Waals surface area contributed by atoms with Crippen molar-refractivity contribution in [3.63, 3.8) is 0 Å². The smallest absolute Gasteiger partial charge is 0.174 e. The Bertz CT molecular complexity index is 668. The highest BCUT2D eigenvalue weighted by Gasteiger charge is 2.08. The zero-order valence-electron chi connectivity index (χ0n) is 11.4. The Morgan fingerprint density at radius 2 is 2.00 bits per heavy atom. The van der Waals surface area contributed by atoms with Crippen molar-refractivity contribution in [3.05, 3.63) is 58.1 Å². The first-order valence-electron chi connectivity index (χ1n) is 6.41. The molecule has 2 aromatic carbocycles. The van der Waals surface area contributed by atoms with Gasteiger partial charge in [0.1, 0.15) is 11.8 Å². The third-order valence-electron chi connectivity index (χ3n) is 2.96. The first-order chi connectivity index (χ1) is 10.1. The summed E-state index contributed by atoms with van der Waals surface area (Å²) in [6.45, 7) is 2.06. The van der Waals surface area contributed by atoms with Crippen molar-refractivity contribution in [2.45, 2.75) is 13.0 Å². The number of benzene rings is 2. The van der Waals surface area contributed by atoms with Crippen LogP contribution in [0.2, 0.25) is 10.0 Å². The number of nitrogens with one attached hydrogen (secondary N) is 1. The fraction of sp³-hybridized carbons (Fsp3) is 0.188. The highest BCUT2D eigenvalue weighted by atomic mass is 35.5. The molecule has 108 valence electrons. The monoisotopic (exact) mass is 320 g/mol. The van der Waals surface area contributed by atoms with Crippen LogP contribution in [0.25, 0.3) is 0 Å². The van der Waals surface area contributed by atoms with Gasteiger partial charge >= 0.3 is 0 Å². The molecule has 0 heterocycles. The van der Waals surface area contributed by atoms with Gasteiger partial charge in [-0.2, -0.15) is 5.26 Å². The van der Waals surface area contributed by atoms with Gasteiger partial charge in [0.15, 0.2) is 6.61 Å². The third-order valence-corrected chi connectivity index (χ3v) is 3.70. The molecule has 0 fully saturated rings. The van der Waals surface area contributed by atoms with E-state index in [0.29, 0.717) is 15.8 Å². The molecular formula is C16H14Cl2N2O. The summed E-state index contributed by atoms with van der Waals surface area (Å²) in [5.74, 6) is 0.655. The van der Waals surface area contributed by atoms with Crippen LogP contribution in [0.3, 0.4) is 0 Å². The highest BCUT2D eigenvalue weighted by molar-refractivity contribution is 6.42. The van der Waals surface area contributed by atoms with Gasteiger partial charge in [0.25, 0.3) is 0 Å². The summed E-state index contributed by atoms with van der Waals surface area (Å²) in [6, 6.07) is 15.0. The maximum Gasteiger partial charge on any atom is 0.174 e. The number of anilines is 1. The average molecular weight is 321 g/mol. The number of nitrogens with zero attached hydrogens (tertiary/aromatic N) is 1. The molecule has 5 heteroatoms. The van der Waals surface area contributed by atoms with E-state index in [2.05, 4.69) is 5.32 Å². The summed E-state index contributed by atoms with van der Waals surface area (Å²) in [6.07, 6.45) is 0. The molecule has 0 aliphatic carbocycles. The van der Waals surface area contributed by atoms with Crippen LogP contribution in [0, 0.1) is 11.3 Å². The number of halogens is 2. The van der Waals surface area contributed by atoms with E-state index in [4.69, 9.17) is 33.2 Å². The molecule has 0 saturated carbocycles. The van der Waals surface area contributed by atoms with Crippen LogP contribution in [-0.4, -0.2) is 6.61 Å². The van der Waals surface area contributed by atoms with Crippen LogP contribution in [0.15, 0.2) is 42.5 Å². The largest absolute Gasteiger partial charge is 0.479 e. The standard InChI is InChI=1S/C16H14Cl2N2O/c1-11(12-5-6-15(17)16(18)9-12)20-13-3-2-4-14(10-13)21-8-7-19/h2-6,9-11,20H,8H2,1H3. The molecule has 3 nitrogen and oxygen atoms in total. The minimum Gasteiger partial charge on any atom is -0.479 e. The number of nitriles is 1. The predicted octanol–water partition coefficient (Wildman–Crippen LogP) is 5.07. The van der Waals surface area contributed by atoms with E-state index in [1.807, 2.05) is 49.4 Å². The summed E-state index contributed by atoms with van der Waals surface area (Å²) >= 11 is 12.0. The van der Waals surface area contributed by atoms with Crippen LogP contribution in [0.1, 0.15) is 18.5 Å². The lowest BCUT2D eigenvalue weighted by molar-refractivity contribution is 0.368. The fourth-order valence-corrected chi connectivity index (χ4v) is 2.21. The Morgan fingerprint density at radius 3 is 2.71 bits per heavy atom. The Labute approximate surface area is 134 Å². The molecule has 0 radical (unpaired) electrons. The number of ether oxygens (including phenoxy) is 1. The van der Waals surface area contributed by atoms with Gasteiger partial charge in [0, 0.05) is 17.8 Å². The summed E-state index contributed by atoms with van der Waals surface area (Å²) in [5.41, 5.74) is 1.94. The lowest BCUT2D eigenvalue weighted by Crippen LogP contribution is -2.06. The lowest BCUT2D eigenvalue weighted by atomic mass is 10.1. The van der Waals surface area contributed by atoms with Gasteiger partial charge in [-0.25, -0.2) is 0 Å². The zero-order valence-corrected chi connectivity index (χ0v) is 12.9. The molecule has 21 heavy (non-hydrogen) atoms. The van der Waals surface area contributed by atoms with E-state index in [0.717, 1.165) is 11.3 Å². The fourth-order valence-electron chi connectivity index (χ4n) is 1.91. The van der Waals surface area contributed by atoms with E-state index < -0.39 is 0 Å². The second kappa shape index (κ2) is 7.21. The number of rotatable bonds is 5. The van der Waals surface area contributed by atoms with E-state index >= 15 is 0 Å². The van der Waals surface area contributed by atoms with Crippen LogP contribution in [0.4, 0.5) is 5.69 Å². The quantitative estimate of drug-likeness (QED) is 0.836. The van der Waals surface area contributed by atoms with Gasteiger partial charge in [0.2, 0.25) is 0 Å². The van der Waals surface area contributed by atoms with Crippen molar-refractivity contribution in [1.82, 2.24) is 0 Å². The Morgan fingerprint density at radius 1 is 1.19 bits per heavy atom. The molecule has 0 aliphatic rings. The van der Waals surface area contributed by atoms with Crippen molar-refractivity contribution < 1.29 is 4.74 Å². The third kappa shape index (κ3) is 4.29. The molecule has 0 amide bonds. The predicted molar refractivity (Wildman–Crippen MR) is 86.0 cm³/mol. The second-order valence-corrected chi connectivity index (χ2v) is 5.33.